The van der Waals surface area contributed by atoms with Crippen LogP contribution in [0.15, 0.2) is 6.33 Å². The Morgan fingerprint density at radius 2 is 1.71 bits per heavy atom. The van der Waals surface area contributed by atoms with Crippen LogP contribution < -0.4 is 5.73 Å². The van der Waals surface area contributed by atoms with Gasteiger partial charge in [0.05, 0.1) is 6.61 Å². The van der Waals surface area contributed by atoms with E-state index in [0.717, 1.165) is 11.0 Å². The second-order valence-corrected chi connectivity index (χ2v) is 8.17. The number of ether oxygens (including phenoxy) is 4. The minimum Gasteiger partial charge on any atom is -0.463 e. The average molecular weight is 506 g/mol. The van der Waals surface area contributed by atoms with Crippen LogP contribution in [0.3, 0.4) is 0 Å². The van der Waals surface area contributed by atoms with Crippen LogP contribution in [0.25, 0.3) is 0 Å². The Labute approximate surface area is 198 Å². The zero-order chi connectivity index (χ0) is 25.7. The van der Waals surface area contributed by atoms with E-state index in [1.807, 2.05) is 0 Å². The van der Waals surface area contributed by atoms with Gasteiger partial charge in [0.2, 0.25) is 5.82 Å². The summed E-state index contributed by atoms with van der Waals surface area (Å²) in [4.78, 5) is 26.8. The van der Waals surface area contributed by atoms with Gasteiger partial charge in [-0.2, -0.15) is 0 Å². The number of primary amides is 1. The number of carbonyl (C=O) groups excluding carboxylic acids is 2. The van der Waals surface area contributed by atoms with Crippen LogP contribution in [0.5, 0.6) is 0 Å². The summed E-state index contributed by atoms with van der Waals surface area (Å²) < 4.78 is 22.2. The van der Waals surface area contributed by atoms with Gasteiger partial charge < -0.3 is 55.3 Å². The van der Waals surface area contributed by atoms with Gasteiger partial charge in [-0.25, -0.2) is 9.67 Å². The number of hydrogen-bond donors (Lipinski definition) is 7. The maximum Gasteiger partial charge on any atom is 0.305 e. The highest BCUT2D eigenvalue weighted by molar-refractivity contribution is 5.88. The van der Waals surface area contributed by atoms with Crippen molar-refractivity contribution in [2.45, 2.75) is 74.5 Å². The van der Waals surface area contributed by atoms with Crippen molar-refractivity contribution in [3.05, 3.63) is 12.2 Å². The van der Waals surface area contributed by atoms with Crippen LogP contribution in [-0.4, -0.2) is 126 Å². The lowest BCUT2D eigenvalue weighted by Gasteiger charge is -2.39. The fraction of sp³-hybridized carbons (Fsp3) is 0.789. The van der Waals surface area contributed by atoms with E-state index in [0.29, 0.717) is 12.8 Å². The van der Waals surface area contributed by atoms with Crippen molar-refractivity contribution in [3.63, 3.8) is 0 Å². The van der Waals surface area contributed by atoms with Crippen molar-refractivity contribution in [1.82, 2.24) is 14.8 Å². The molecule has 0 saturated carbocycles. The number of unbranched alkanes of at least 4 members (excludes halogenated alkanes) is 1. The van der Waals surface area contributed by atoms with E-state index in [1.54, 1.807) is 0 Å². The van der Waals surface area contributed by atoms with Crippen molar-refractivity contribution in [3.8, 4) is 0 Å². The summed E-state index contributed by atoms with van der Waals surface area (Å²) in [5, 5.41) is 62.6. The minimum atomic E-state index is -1.54. The van der Waals surface area contributed by atoms with Gasteiger partial charge in [0, 0.05) is 13.0 Å². The third kappa shape index (κ3) is 6.49. The van der Waals surface area contributed by atoms with Gasteiger partial charge in [0.25, 0.3) is 5.91 Å². The number of aromatic nitrogens is 3. The molecule has 0 bridgehead atoms. The predicted molar refractivity (Wildman–Crippen MR) is 109 cm³/mol. The smallest absolute Gasteiger partial charge is 0.305 e. The Morgan fingerprint density at radius 1 is 1.00 bits per heavy atom. The van der Waals surface area contributed by atoms with Crippen LogP contribution in [0.4, 0.5) is 0 Å². The van der Waals surface area contributed by atoms with Gasteiger partial charge in [-0.1, -0.05) is 0 Å². The molecule has 1 aromatic heterocycles. The maximum atomic E-state index is 12.0. The Hall–Kier alpha value is -2.28. The van der Waals surface area contributed by atoms with Gasteiger partial charge in [0.1, 0.15) is 55.7 Å². The number of nitrogens with zero attached hydrogens (tertiary/aromatic N) is 3. The molecule has 0 aliphatic carbocycles. The quantitative estimate of drug-likeness (QED) is 0.110. The molecule has 2 saturated heterocycles. The molecule has 7 unspecified atom stereocenters. The van der Waals surface area contributed by atoms with Crippen molar-refractivity contribution in [2.24, 2.45) is 5.73 Å². The Morgan fingerprint density at radius 3 is 2.37 bits per heavy atom. The lowest BCUT2D eigenvalue weighted by Crippen LogP contribution is -2.59. The molecular formula is C19H30N4O12. The van der Waals surface area contributed by atoms with Crippen LogP contribution in [-0.2, 0) is 23.7 Å². The van der Waals surface area contributed by atoms with Crippen LogP contribution in [0, 0.1) is 0 Å². The summed E-state index contributed by atoms with van der Waals surface area (Å²) in [7, 11) is 0. The normalized spacial score (nSPS) is 35.2. The van der Waals surface area contributed by atoms with E-state index in [1.165, 1.54) is 0 Å². The maximum absolute atomic E-state index is 12.0. The van der Waals surface area contributed by atoms with E-state index in [-0.39, 0.29) is 25.5 Å². The van der Waals surface area contributed by atoms with E-state index >= 15 is 0 Å². The zero-order valence-corrected chi connectivity index (χ0v) is 18.6. The van der Waals surface area contributed by atoms with Gasteiger partial charge in [-0.15, -0.1) is 5.10 Å². The topological polar surface area (TPSA) is 249 Å². The van der Waals surface area contributed by atoms with Crippen molar-refractivity contribution < 1.29 is 59.2 Å². The fourth-order valence-corrected chi connectivity index (χ4v) is 3.62. The molecule has 9 atom stereocenters. The third-order valence-corrected chi connectivity index (χ3v) is 5.64. The monoisotopic (exact) mass is 506 g/mol. The number of carbonyl (C=O) groups is 2. The first-order chi connectivity index (χ1) is 16.6. The van der Waals surface area contributed by atoms with Gasteiger partial charge in [-0.05, 0) is 12.8 Å². The molecule has 3 heterocycles. The first-order valence-electron chi connectivity index (χ1n) is 10.9. The van der Waals surface area contributed by atoms with Crippen molar-refractivity contribution in [2.75, 3.05) is 19.8 Å². The number of nitrogens with two attached hydrogens (primary N) is 1. The molecule has 1 aromatic rings. The molecule has 1 amide bonds. The molecule has 2 aliphatic rings. The second-order valence-electron chi connectivity index (χ2n) is 8.17. The van der Waals surface area contributed by atoms with Gasteiger partial charge in [-0.3, -0.25) is 9.59 Å². The Bertz CT molecular complexity index is 854. The molecule has 16 nitrogen and oxygen atoms in total. The lowest BCUT2D eigenvalue weighted by atomic mass is 9.99. The number of aliphatic hydroxyl groups excluding tert-OH is 6. The highest BCUT2D eigenvalue weighted by Gasteiger charge is 2.45. The van der Waals surface area contributed by atoms with Crippen LogP contribution in [0.1, 0.15) is 36.1 Å². The first-order valence-corrected chi connectivity index (χ1v) is 10.9. The summed E-state index contributed by atoms with van der Waals surface area (Å²) in [6.45, 7) is -0.854. The number of aliphatic hydroxyl groups is 6. The SMILES string of the molecule is NC(=O)c1ncn(C2OC(COC(=O)CCCCOC3OC(CO)C(O)C(O)C3O)[C@@H](O)[C@H]2O)n1. The number of esters is 1. The highest BCUT2D eigenvalue weighted by Crippen LogP contribution is 2.29. The average Bonchev–Trinajstić information content (AvgIpc) is 3.43. The molecule has 2 fully saturated rings. The van der Waals surface area contributed by atoms with Crippen molar-refractivity contribution >= 4 is 11.9 Å². The molecule has 0 aromatic carbocycles. The predicted octanol–water partition coefficient (Wildman–Crippen LogP) is -4.47. The summed E-state index contributed by atoms with van der Waals surface area (Å²) in [6.07, 6.45) is -10.0. The van der Waals surface area contributed by atoms with Crippen LogP contribution >= 0.6 is 0 Å². The van der Waals surface area contributed by atoms with E-state index in [9.17, 15) is 35.1 Å². The van der Waals surface area contributed by atoms with E-state index in [4.69, 9.17) is 29.8 Å². The summed E-state index contributed by atoms with van der Waals surface area (Å²) in [5.74, 6) is -1.76. The number of rotatable bonds is 11. The first kappa shape index (κ1) is 27.3. The molecular weight excluding hydrogens is 476 g/mol. The molecule has 2 aliphatic heterocycles. The van der Waals surface area contributed by atoms with Crippen LogP contribution in [0.2, 0.25) is 0 Å². The molecule has 3 rings (SSSR count). The summed E-state index contributed by atoms with van der Waals surface area (Å²) in [5.41, 5.74) is 5.08. The number of hydrogen-bond acceptors (Lipinski definition) is 14. The molecule has 0 radical (unpaired) electrons. The molecule has 35 heavy (non-hydrogen) atoms. The Balaban J connectivity index is 1.35. The second kappa shape index (κ2) is 12.1. The highest BCUT2D eigenvalue weighted by atomic mass is 16.7. The lowest BCUT2D eigenvalue weighted by molar-refractivity contribution is -0.301. The molecule has 8 N–H and O–H groups in total. The summed E-state index contributed by atoms with van der Waals surface area (Å²) >= 11 is 0. The van der Waals surface area contributed by atoms with Crippen molar-refractivity contribution in [1.29, 1.82) is 0 Å². The minimum absolute atomic E-state index is 0.00210. The zero-order valence-electron chi connectivity index (χ0n) is 18.6. The standard InChI is InChI=1S/C19H30N4O12/c20-16(31)17-21-7-23(22-17)18-14(29)12(27)9(34-18)6-33-10(25)3-1-2-4-32-19-15(30)13(28)11(26)8(5-24)35-19/h7-9,11-15,18-19,24,26-30H,1-6H2,(H2,20,31)/t8?,9?,11?,12-,13?,14-,15?,18?,19?/m1/s1. The molecule has 16 heteroatoms. The molecule has 198 valence electrons. The fourth-order valence-electron chi connectivity index (χ4n) is 3.62. The Kier molecular flexibility index (Phi) is 9.45. The number of amides is 1. The molecule has 0 spiro atoms. The third-order valence-electron chi connectivity index (χ3n) is 5.64. The largest absolute Gasteiger partial charge is 0.463 e. The van der Waals surface area contributed by atoms with E-state index in [2.05, 4.69) is 10.1 Å². The van der Waals surface area contributed by atoms with Gasteiger partial charge in [0.15, 0.2) is 12.5 Å². The van der Waals surface area contributed by atoms with E-state index < -0.39 is 73.7 Å². The summed E-state index contributed by atoms with van der Waals surface area (Å²) in [6, 6.07) is 0. The van der Waals surface area contributed by atoms with Gasteiger partial charge >= 0.3 is 5.97 Å².